The number of rotatable bonds is 4. The van der Waals surface area contributed by atoms with Crippen molar-refractivity contribution in [1.29, 1.82) is 0 Å². The molecule has 2 aromatic rings. The van der Waals surface area contributed by atoms with Crippen LogP contribution < -0.4 is 0 Å². The summed E-state index contributed by atoms with van der Waals surface area (Å²) in [6, 6.07) is 1.76. The molecule has 0 aliphatic carbocycles. The fourth-order valence-corrected chi connectivity index (χ4v) is 3.06. The van der Waals surface area contributed by atoms with E-state index in [0.717, 1.165) is 18.2 Å². The van der Waals surface area contributed by atoms with Crippen molar-refractivity contribution in [3.05, 3.63) is 23.5 Å². The van der Waals surface area contributed by atoms with Crippen LogP contribution in [0.15, 0.2) is 16.8 Å². The fourth-order valence-electron chi connectivity index (χ4n) is 3.06. The molecule has 0 radical (unpaired) electrons. The number of carboxylic acid groups (broad SMARTS) is 1. The van der Waals surface area contributed by atoms with Gasteiger partial charge in [0.15, 0.2) is 0 Å². The van der Waals surface area contributed by atoms with E-state index < -0.39 is 5.97 Å². The maximum Gasteiger partial charge on any atom is 0.303 e. The van der Waals surface area contributed by atoms with E-state index in [4.69, 9.17) is 9.63 Å². The lowest BCUT2D eigenvalue weighted by molar-refractivity contribution is -0.137. The lowest BCUT2D eigenvalue weighted by Crippen LogP contribution is -2.40. The van der Waals surface area contributed by atoms with E-state index in [2.05, 4.69) is 10.1 Å². The van der Waals surface area contributed by atoms with Crippen LogP contribution in [0, 0.1) is 12.8 Å². The average Bonchev–Trinajstić information content (AvgIpc) is 2.93. The van der Waals surface area contributed by atoms with Crippen LogP contribution in [0.3, 0.4) is 0 Å². The molecule has 1 aliphatic rings. The second-order valence-electron chi connectivity index (χ2n) is 6.04. The predicted octanol–water partition coefficient (Wildman–Crippen LogP) is 2.25. The summed E-state index contributed by atoms with van der Waals surface area (Å²) in [5.74, 6) is -0.608. The van der Waals surface area contributed by atoms with Gasteiger partial charge in [-0.15, -0.1) is 0 Å². The molecule has 0 spiro atoms. The van der Waals surface area contributed by atoms with Crippen LogP contribution in [0.1, 0.15) is 41.7 Å². The Morgan fingerprint density at radius 2 is 2.30 bits per heavy atom. The largest absolute Gasteiger partial charge is 0.481 e. The molecule has 1 aliphatic heterocycles. The molecular formula is C16H19N3O4. The zero-order chi connectivity index (χ0) is 16.4. The molecule has 0 saturated carbocycles. The van der Waals surface area contributed by atoms with Gasteiger partial charge in [0.2, 0.25) is 0 Å². The molecule has 7 nitrogen and oxygen atoms in total. The Morgan fingerprint density at radius 3 is 3.09 bits per heavy atom. The Labute approximate surface area is 133 Å². The van der Waals surface area contributed by atoms with E-state index in [1.54, 1.807) is 11.0 Å². The van der Waals surface area contributed by atoms with Gasteiger partial charge in [0.25, 0.3) is 11.6 Å². The van der Waals surface area contributed by atoms with E-state index >= 15 is 0 Å². The molecule has 1 saturated heterocycles. The van der Waals surface area contributed by atoms with E-state index in [0.29, 0.717) is 36.5 Å². The number of hydrogen-bond acceptors (Lipinski definition) is 5. The summed E-state index contributed by atoms with van der Waals surface area (Å²) in [5.41, 5.74) is 1.65. The van der Waals surface area contributed by atoms with Crippen LogP contribution in [-0.4, -0.2) is 45.1 Å². The van der Waals surface area contributed by atoms with Crippen molar-refractivity contribution in [3.8, 4) is 0 Å². The van der Waals surface area contributed by atoms with Gasteiger partial charge in [-0.3, -0.25) is 9.59 Å². The maximum absolute atomic E-state index is 12.7. The molecule has 2 aromatic heterocycles. The number of aliphatic carboxylic acids is 1. The lowest BCUT2D eigenvalue weighted by Gasteiger charge is -2.32. The first kappa shape index (κ1) is 15.5. The Hall–Kier alpha value is -2.44. The van der Waals surface area contributed by atoms with Crippen LogP contribution in [0.25, 0.3) is 11.1 Å². The summed E-state index contributed by atoms with van der Waals surface area (Å²) in [6.07, 6.45) is 4.15. The summed E-state index contributed by atoms with van der Waals surface area (Å²) in [5, 5.41) is 13.4. The molecular weight excluding hydrogens is 298 g/mol. The summed E-state index contributed by atoms with van der Waals surface area (Å²) < 4.78 is 5.06. The van der Waals surface area contributed by atoms with Gasteiger partial charge in [0.05, 0.1) is 16.6 Å². The second-order valence-corrected chi connectivity index (χ2v) is 6.04. The van der Waals surface area contributed by atoms with Gasteiger partial charge in [-0.25, -0.2) is 4.98 Å². The van der Waals surface area contributed by atoms with Crippen LogP contribution in [0.2, 0.25) is 0 Å². The number of piperidine rings is 1. The number of fused-ring (bicyclic) bond motifs is 1. The van der Waals surface area contributed by atoms with Crippen molar-refractivity contribution in [2.45, 2.75) is 32.6 Å². The summed E-state index contributed by atoms with van der Waals surface area (Å²) in [4.78, 5) is 29.3. The van der Waals surface area contributed by atoms with Gasteiger partial charge in [-0.1, -0.05) is 5.16 Å². The normalized spacial score (nSPS) is 18.3. The lowest BCUT2D eigenvalue weighted by atomic mass is 9.93. The zero-order valence-corrected chi connectivity index (χ0v) is 13.0. The molecule has 3 heterocycles. The molecule has 3 rings (SSSR count). The van der Waals surface area contributed by atoms with E-state index in [-0.39, 0.29) is 18.2 Å². The summed E-state index contributed by atoms with van der Waals surface area (Å²) in [6.45, 7) is 3.11. The van der Waals surface area contributed by atoms with Crippen molar-refractivity contribution >= 4 is 23.0 Å². The number of carbonyl (C=O) groups excluding carboxylic acids is 1. The molecule has 0 bridgehead atoms. The van der Waals surface area contributed by atoms with Crippen LogP contribution >= 0.6 is 0 Å². The van der Waals surface area contributed by atoms with Crippen LogP contribution in [0.4, 0.5) is 0 Å². The topological polar surface area (TPSA) is 96.5 Å². The van der Waals surface area contributed by atoms with Gasteiger partial charge < -0.3 is 14.5 Å². The number of carboxylic acids is 1. The first-order valence-corrected chi connectivity index (χ1v) is 7.77. The smallest absolute Gasteiger partial charge is 0.303 e. The van der Waals surface area contributed by atoms with Crippen molar-refractivity contribution < 1.29 is 19.2 Å². The number of hydrogen-bond donors (Lipinski definition) is 1. The minimum Gasteiger partial charge on any atom is -0.481 e. The highest BCUT2D eigenvalue weighted by atomic mass is 16.5. The molecule has 23 heavy (non-hydrogen) atoms. The molecule has 7 heteroatoms. The Kier molecular flexibility index (Phi) is 4.27. The highest BCUT2D eigenvalue weighted by Gasteiger charge is 2.25. The fraction of sp³-hybridized carbons (Fsp3) is 0.500. The predicted molar refractivity (Wildman–Crippen MR) is 82.0 cm³/mol. The summed E-state index contributed by atoms with van der Waals surface area (Å²) in [7, 11) is 0. The van der Waals surface area contributed by atoms with E-state index in [1.165, 1.54) is 6.20 Å². The Morgan fingerprint density at radius 1 is 1.48 bits per heavy atom. The number of aryl methyl sites for hydroxylation is 1. The molecule has 1 amide bonds. The molecule has 1 N–H and O–H groups in total. The first-order valence-electron chi connectivity index (χ1n) is 7.77. The van der Waals surface area contributed by atoms with Gasteiger partial charge >= 0.3 is 5.97 Å². The zero-order valence-electron chi connectivity index (χ0n) is 13.0. The van der Waals surface area contributed by atoms with Gasteiger partial charge in [-0.2, -0.15) is 0 Å². The Balaban J connectivity index is 1.72. The molecule has 1 unspecified atom stereocenters. The van der Waals surface area contributed by atoms with E-state index in [1.807, 2.05) is 6.92 Å². The van der Waals surface area contributed by atoms with Gasteiger partial charge in [0, 0.05) is 25.7 Å². The average molecular weight is 317 g/mol. The van der Waals surface area contributed by atoms with E-state index in [9.17, 15) is 9.59 Å². The van der Waals surface area contributed by atoms with Crippen LogP contribution in [-0.2, 0) is 4.79 Å². The number of pyridine rings is 1. The standard InChI is InChI=1S/C16H19N3O4/c1-10-13-7-12(8-17-15(13)23-18-10)16(22)19-6-2-3-11(9-19)4-5-14(20)21/h7-8,11H,2-6,9H2,1H3,(H,20,21). The maximum atomic E-state index is 12.7. The first-order chi connectivity index (χ1) is 11.0. The quantitative estimate of drug-likeness (QED) is 0.929. The summed E-state index contributed by atoms with van der Waals surface area (Å²) >= 11 is 0. The van der Waals surface area contributed by atoms with Crippen LogP contribution in [0.5, 0.6) is 0 Å². The molecule has 0 aromatic carbocycles. The number of amides is 1. The van der Waals surface area contributed by atoms with Crippen molar-refractivity contribution in [3.63, 3.8) is 0 Å². The highest BCUT2D eigenvalue weighted by Crippen LogP contribution is 2.23. The molecule has 1 atom stereocenters. The van der Waals surface area contributed by atoms with Gasteiger partial charge in [0.1, 0.15) is 0 Å². The van der Waals surface area contributed by atoms with Crippen molar-refractivity contribution in [1.82, 2.24) is 15.0 Å². The SMILES string of the molecule is Cc1noc2ncc(C(=O)N3CCCC(CCC(=O)O)C3)cc12. The third-order valence-electron chi connectivity index (χ3n) is 4.33. The minimum atomic E-state index is -0.786. The molecule has 122 valence electrons. The number of aromatic nitrogens is 2. The van der Waals surface area contributed by atoms with Crippen molar-refractivity contribution in [2.24, 2.45) is 5.92 Å². The monoisotopic (exact) mass is 317 g/mol. The number of likely N-dealkylation sites (tertiary alicyclic amines) is 1. The second kappa shape index (κ2) is 6.36. The third kappa shape index (κ3) is 3.33. The minimum absolute atomic E-state index is 0.0694. The number of carbonyl (C=O) groups is 2. The van der Waals surface area contributed by atoms with Crippen molar-refractivity contribution in [2.75, 3.05) is 13.1 Å². The number of nitrogens with zero attached hydrogens (tertiary/aromatic N) is 3. The third-order valence-corrected chi connectivity index (χ3v) is 4.33. The molecule has 1 fully saturated rings. The highest BCUT2D eigenvalue weighted by molar-refractivity contribution is 5.97. The Bertz CT molecular complexity index is 740. The van der Waals surface area contributed by atoms with Gasteiger partial charge in [-0.05, 0) is 38.2 Å².